The minimum absolute atomic E-state index is 0.237. The Morgan fingerprint density at radius 3 is 2.72 bits per heavy atom. The van der Waals surface area contributed by atoms with E-state index in [1.807, 2.05) is 90.4 Å². The number of carbonyl (C=O) groups is 1. The number of amides is 1. The lowest BCUT2D eigenvalue weighted by Gasteiger charge is -2.07. The van der Waals surface area contributed by atoms with E-state index in [0.717, 1.165) is 33.4 Å². The van der Waals surface area contributed by atoms with Crippen molar-refractivity contribution in [2.24, 2.45) is 0 Å². The molecule has 5 nitrogen and oxygen atoms in total. The summed E-state index contributed by atoms with van der Waals surface area (Å²) < 4.78 is 2.01. The van der Waals surface area contributed by atoms with Crippen molar-refractivity contribution in [1.29, 1.82) is 0 Å². The third kappa shape index (κ3) is 3.23. The van der Waals surface area contributed by atoms with Gasteiger partial charge >= 0.3 is 0 Å². The van der Waals surface area contributed by atoms with Crippen LogP contribution >= 0.6 is 0 Å². The highest BCUT2D eigenvalue weighted by Crippen LogP contribution is 2.24. The number of rotatable bonds is 3. The van der Waals surface area contributed by atoms with Gasteiger partial charge in [-0.3, -0.25) is 4.79 Å². The van der Waals surface area contributed by atoms with Gasteiger partial charge in [0.05, 0.1) is 11.2 Å². The number of carbonyl (C=O) groups excluding carboxylic acids is 1. The number of pyridine rings is 2. The number of hydrogen-bond acceptors (Lipinski definition) is 3. The summed E-state index contributed by atoms with van der Waals surface area (Å²) in [4.78, 5) is 21.9. The number of anilines is 1. The van der Waals surface area contributed by atoms with Crippen LogP contribution in [0.25, 0.3) is 27.8 Å². The molecule has 0 aliphatic heterocycles. The van der Waals surface area contributed by atoms with Crippen LogP contribution in [0, 0.1) is 6.92 Å². The molecule has 1 N–H and O–H groups in total. The average Bonchev–Trinajstić information content (AvgIpc) is 3.19. The fraction of sp³-hybridized carbons (Fsp3) is 0.0417. The van der Waals surface area contributed by atoms with E-state index >= 15 is 0 Å². The van der Waals surface area contributed by atoms with Gasteiger partial charge in [0, 0.05) is 29.0 Å². The van der Waals surface area contributed by atoms with E-state index in [1.165, 1.54) is 0 Å². The van der Waals surface area contributed by atoms with Crippen molar-refractivity contribution in [3.63, 3.8) is 0 Å². The van der Waals surface area contributed by atoms with Gasteiger partial charge in [0.15, 0.2) is 0 Å². The molecule has 2 aromatic carbocycles. The molecule has 5 heteroatoms. The normalized spacial score (nSPS) is 11.1. The van der Waals surface area contributed by atoms with Crippen LogP contribution in [-0.2, 0) is 0 Å². The van der Waals surface area contributed by atoms with E-state index in [0.29, 0.717) is 11.4 Å². The van der Waals surface area contributed by atoms with Gasteiger partial charge < -0.3 is 9.72 Å². The zero-order chi connectivity index (χ0) is 19.8. The van der Waals surface area contributed by atoms with Gasteiger partial charge in [-0.2, -0.15) is 0 Å². The van der Waals surface area contributed by atoms with Crippen molar-refractivity contribution in [2.45, 2.75) is 6.92 Å². The zero-order valence-electron chi connectivity index (χ0n) is 15.8. The summed E-state index contributed by atoms with van der Waals surface area (Å²) in [5.74, 6) is -0.237. The summed E-state index contributed by atoms with van der Waals surface area (Å²) in [6, 6.07) is 23.1. The zero-order valence-corrected chi connectivity index (χ0v) is 15.8. The molecule has 0 atom stereocenters. The Morgan fingerprint density at radius 2 is 1.83 bits per heavy atom. The van der Waals surface area contributed by atoms with Gasteiger partial charge in [0.1, 0.15) is 11.3 Å². The number of imidazole rings is 1. The van der Waals surface area contributed by atoms with Crippen LogP contribution in [0.15, 0.2) is 85.2 Å². The van der Waals surface area contributed by atoms with Crippen LogP contribution < -0.4 is 5.32 Å². The monoisotopic (exact) mass is 378 g/mol. The maximum atomic E-state index is 12.7. The van der Waals surface area contributed by atoms with Crippen LogP contribution in [0.1, 0.15) is 16.1 Å². The number of fused-ring (bicyclic) bond motifs is 2. The first-order valence-corrected chi connectivity index (χ1v) is 9.39. The molecule has 0 unspecified atom stereocenters. The van der Waals surface area contributed by atoms with Crippen LogP contribution in [0.5, 0.6) is 0 Å². The largest absolute Gasteiger partial charge is 0.321 e. The van der Waals surface area contributed by atoms with Crippen molar-refractivity contribution in [2.75, 3.05) is 5.32 Å². The van der Waals surface area contributed by atoms with E-state index in [4.69, 9.17) is 4.98 Å². The van der Waals surface area contributed by atoms with Crippen molar-refractivity contribution in [3.8, 4) is 11.3 Å². The van der Waals surface area contributed by atoms with Gasteiger partial charge in [-0.1, -0.05) is 42.5 Å². The minimum Gasteiger partial charge on any atom is -0.321 e. The Kier molecular flexibility index (Phi) is 4.06. The molecule has 140 valence electrons. The van der Waals surface area contributed by atoms with Gasteiger partial charge in [0.25, 0.3) is 5.91 Å². The van der Waals surface area contributed by atoms with E-state index < -0.39 is 0 Å². The molecule has 1 amide bonds. The average molecular weight is 378 g/mol. The molecular formula is C24H18N4O. The van der Waals surface area contributed by atoms with Crippen molar-refractivity contribution in [3.05, 3.63) is 96.4 Å². The van der Waals surface area contributed by atoms with Crippen molar-refractivity contribution < 1.29 is 4.79 Å². The first-order valence-electron chi connectivity index (χ1n) is 9.39. The number of aromatic nitrogens is 3. The summed E-state index contributed by atoms with van der Waals surface area (Å²) in [5, 5.41) is 3.95. The summed E-state index contributed by atoms with van der Waals surface area (Å²) in [5.41, 5.74) is 5.74. The van der Waals surface area contributed by atoms with Crippen LogP contribution in [0.3, 0.4) is 0 Å². The fourth-order valence-corrected chi connectivity index (χ4v) is 3.44. The lowest BCUT2D eigenvalue weighted by atomic mass is 10.1. The maximum Gasteiger partial charge on any atom is 0.274 e. The molecule has 3 aromatic heterocycles. The Morgan fingerprint density at radius 1 is 0.931 bits per heavy atom. The Balaban J connectivity index is 1.44. The second kappa shape index (κ2) is 6.87. The summed E-state index contributed by atoms with van der Waals surface area (Å²) in [7, 11) is 0. The van der Waals surface area contributed by atoms with Gasteiger partial charge in [-0.25, -0.2) is 9.97 Å². The summed E-state index contributed by atoms with van der Waals surface area (Å²) >= 11 is 0. The summed E-state index contributed by atoms with van der Waals surface area (Å²) in [6.07, 6.45) is 3.98. The topological polar surface area (TPSA) is 59.3 Å². The maximum absolute atomic E-state index is 12.7. The van der Waals surface area contributed by atoms with Crippen LogP contribution in [0.2, 0.25) is 0 Å². The lowest BCUT2D eigenvalue weighted by molar-refractivity contribution is 0.102. The highest BCUT2D eigenvalue weighted by molar-refractivity contribution is 6.04. The first-order chi connectivity index (χ1) is 14.2. The predicted molar refractivity (Wildman–Crippen MR) is 115 cm³/mol. The number of hydrogen-bond donors (Lipinski definition) is 1. The predicted octanol–water partition coefficient (Wildman–Crippen LogP) is 5.11. The number of nitrogens with one attached hydrogen (secondary N) is 1. The van der Waals surface area contributed by atoms with Crippen molar-refractivity contribution in [1.82, 2.24) is 14.4 Å². The first kappa shape index (κ1) is 17.1. The molecule has 5 aromatic rings. The second-order valence-corrected chi connectivity index (χ2v) is 6.97. The van der Waals surface area contributed by atoms with Gasteiger partial charge in [-0.05, 0) is 42.8 Å². The third-order valence-electron chi connectivity index (χ3n) is 4.93. The van der Waals surface area contributed by atoms with Crippen LogP contribution in [0.4, 0.5) is 5.69 Å². The minimum atomic E-state index is -0.237. The molecule has 5 rings (SSSR count). The molecular weight excluding hydrogens is 360 g/mol. The lowest BCUT2D eigenvalue weighted by Crippen LogP contribution is -2.13. The molecule has 0 fully saturated rings. The SMILES string of the molecule is Cc1cccn2cc(-c3cccc(NC(=O)c4ccc5ccccc5n4)c3)nc12. The quantitative estimate of drug-likeness (QED) is 0.475. The molecule has 0 aliphatic rings. The molecule has 0 aliphatic carbocycles. The Bertz CT molecular complexity index is 1370. The number of aryl methyl sites for hydroxylation is 1. The van der Waals surface area contributed by atoms with Crippen molar-refractivity contribution >= 4 is 28.1 Å². The van der Waals surface area contributed by atoms with Crippen LogP contribution in [-0.4, -0.2) is 20.3 Å². The van der Waals surface area contributed by atoms with E-state index in [9.17, 15) is 4.79 Å². The second-order valence-electron chi connectivity index (χ2n) is 6.97. The standard InChI is InChI=1S/C24H18N4O/c1-16-6-5-13-28-15-22(27-23(16)28)18-8-4-9-19(14-18)25-24(29)21-12-11-17-7-2-3-10-20(17)26-21/h2-15H,1H3,(H,25,29). The highest BCUT2D eigenvalue weighted by Gasteiger charge is 2.11. The summed E-state index contributed by atoms with van der Waals surface area (Å²) in [6.45, 7) is 2.04. The van der Waals surface area contributed by atoms with Gasteiger partial charge in [0.2, 0.25) is 0 Å². The van der Waals surface area contributed by atoms with E-state index in [1.54, 1.807) is 6.07 Å². The van der Waals surface area contributed by atoms with E-state index in [2.05, 4.69) is 10.3 Å². The molecule has 3 heterocycles. The Hall–Kier alpha value is -3.99. The number of benzene rings is 2. The fourth-order valence-electron chi connectivity index (χ4n) is 3.44. The molecule has 29 heavy (non-hydrogen) atoms. The van der Waals surface area contributed by atoms with E-state index in [-0.39, 0.29) is 5.91 Å². The smallest absolute Gasteiger partial charge is 0.274 e. The highest BCUT2D eigenvalue weighted by atomic mass is 16.1. The van der Waals surface area contributed by atoms with Gasteiger partial charge in [-0.15, -0.1) is 0 Å². The molecule has 0 saturated heterocycles. The molecule has 0 radical (unpaired) electrons. The molecule has 0 spiro atoms. The molecule has 0 saturated carbocycles. The number of nitrogens with zero attached hydrogens (tertiary/aromatic N) is 3. The molecule has 0 bridgehead atoms. The third-order valence-corrected chi connectivity index (χ3v) is 4.93. The Labute approximate surface area is 167 Å². The number of para-hydroxylation sites is 1.